The van der Waals surface area contributed by atoms with Crippen molar-refractivity contribution >= 4 is 17.6 Å². The molecule has 31 heavy (non-hydrogen) atoms. The Morgan fingerprint density at radius 2 is 2.06 bits per heavy atom. The van der Waals surface area contributed by atoms with Crippen molar-refractivity contribution in [2.75, 3.05) is 19.3 Å². The van der Waals surface area contributed by atoms with Crippen molar-refractivity contribution in [3.05, 3.63) is 59.8 Å². The van der Waals surface area contributed by atoms with Crippen LogP contribution in [0.1, 0.15) is 36.4 Å². The number of amides is 2. The number of carbonyl (C=O) groups excluding carboxylic acids is 2. The molecule has 4 atom stereocenters. The molecule has 2 amide bonds. The molecule has 0 radical (unpaired) electrons. The second kappa shape index (κ2) is 9.03. The van der Waals surface area contributed by atoms with Gasteiger partial charge in [-0.2, -0.15) is 0 Å². The summed E-state index contributed by atoms with van der Waals surface area (Å²) in [4.78, 5) is 33.1. The lowest BCUT2D eigenvalue weighted by atomic mass is 9.81. The number of aliphatic hydroxyl groups is 1. The van der Waals surface area contributed by atoms with Gasteiger partial charge in [0.2, 0.25) is 11.8 Å². The Labute approximate surface area is 182 Å². The molecule has 2 aliphatic rings. The van der Waals surface area contributed by atoms with E-state index < -0.39 is 18.3 Å². The number of β-lactam (4-membered cyclic amide) rings is 1. The van der Waals surface area contributed by atoms with Crippen molar-refractivity contribution < 1.29 is 14.7 Å². The van der Waals surface area contributed by atoms with Gasteiger partial charge in [-0.15, -0.1) is 0 Å². The maximum Gasteiger partial charge on any atom is 0.243 e. The van der Waals surface area contributed by atoms with Gasteiger partial charge in [0, 0.05) is 25.8 Å². The van der Waals surface area contributed by atoms with E-state index in [1.807, 2.05) is 35.2 Å². The molecular formula is C23H29N5O3. The number of anilines is 1. The van der Waals surface area contributed by atoms with Crippen molar-refractivity contribution in [1.82, 2.24) is 20.1 Å². The van der Waals surface area contributed by atoms with E-state index in [9.17, 15) is 14.7 Å². The van der Waals surface area contributed by atoms with Gasteiger partial charge in [0.1, 0.15) is 11.9 Å². The molecule has 2 aliphatic heterocycles. The lowest BCUT2D eigenvalue weighted by Crippen LogP contribution is -2.72. The topological polar surface area (TPSA) is 112 Å². The molecule has 4 rings (SSSR count). The van der Waals surface area contributed by atoms with Crippen molar-refractivity contribution in [3.63, 3.8) is 0 Å². The summed E-state index contributed by atoms with van der Waals surface area (Å²) in [7, 11) is 1.55. The molecule has 8 heteroatoms. The van der Waals surface area contributed by atoms with Gasteiger partial charge in [0.25, 0.3) is 0 Å². The van der Waals surface area contributed by atoms with E-state index in [-0.39, 0.29) is 17.9 Å². The molecule has 2 aromatic rings. The highest BCUT2D eigenvalue weighted by atomic mass is 16.3. The van der Waals surface area contributed by atoms with E-state index in [0.29, 0.717) is 18.8 Å². The Bertz CT molecular complexity index is 938. The van der Waals surface area contributed by atoms with Crippen LogP contribution in [0.15, 0.2) is 48.7 Å². The molecule has 8 nitrogen and oxygen atoms in total. The summed E-state index contributed by atoms with van der Waals surface area (Å²) in [5, 5.41) is 13.9. The first-order chi connectivity index (χ1) is 15.0. The number of likely N-dealkylation sites (N-methyl/N-ethyl adjacent to an activating group) is 1. The zero-order valence-electron chi connectivity index (χ0n) is 17.6. The number of carbonyl (C=O) groups is 2. The van der Waals surface area contributed by atoms with Crippen molar-refractivity contribution in [1.29, 1.82) is 0 Å². The van der Waals surface area contributed by atoms with Crippen molar-refractivity contribution in [2.24, 2.45) is 5.92 Å². The first-order valence-electron chi connectivity index (χ1n) is 10.7. The predicted octanol–water partition coefficient (Wildman–Crippen LogP) is 1.28. The number of aromatic nitrogens is 1. The summed E-state index contributed by atoms with van der Waals surface area (Å²) in [6, 6.07) is 12.8. The molecule has 4 N–H and O–H groups in total. The van der Waals surface area contributed by atoms with E-state index in [1.54, 1.807) is 25.4 Å². The number of nitrogens with zero attached hydrogens (tertiary/aromatic N) is 3. The van der Waals surface area contributed by atoms with E-state index in [4.69, 9.17) is 5.73 Å². The lowest BCUT2D eigenvalue weighted by molar-refractivity contribution is -0.209. The van der Waals surface area contributed by atoms with Gasteiger partial charge in [-0.1, -0.05) is 36.8 Å². The number of nitrogens with two attached hydrogens (primary N) is 1. The van der Waals surface area contributed by atoms with Crippen molar-refractivity contribution in [2.45, 2.75) is 44.1 Å². The number of likely N-dealkylation sites (tertiary alicyclic amines) is 2. The Balaban J connectivity index is 1.56. The molecule has 1 aromatic heterocycles. The molecule has 0 spiro atoms. The lowest BCUT2D eigenvalue weighted by Gasteiger charge is -2.52. The predicted molar refractivity (Wildman–Crippen MR) is 116 cm³/mol. The molecule has 3 heterocycles. The molecule has 2 fully saturated rings. The van der Waals surface area contributed by atoms with E-state index in [2.05, 4.69) is 10.3 Å². The fourth-order valence-electron chi connectivity index (χ4n) is 4.79. The molecule has 1 aromatic carbocycles. The van der Waals surface area contributed by atoms with Crippen LogP contribution in [0.2, 0.25) is 0 Å². The van der Waals surface area contributed by atoms with Gasteiger partial charge in [0.05, 0.1) is 5.92 Å². The van der Waals surface area contributed by atoms with Crippen LogP contribution < -0.4 is 11.1 Å². The number of aliphatic hydroxyl groups excluding tert-OH is 1. The van der Waals surface area contributed by atoms with E-state index in [0.717, 1.165) is 30.4 Å². The van der Waals surface area contributed by atoms with Gasteiger partial charge in [-0.25, -0.2) is 4.98 Å². The average molecular weight is 424 g/mol. The molecule has 0 aliphatic carbocycles. The summed E-state index contributed by atoms with van der Waals surface area (Å²) >= 11 is 0. The maximum absolute atomic E-state index is 13.1. The SMILES string of the molecule is CNC(=O)[C@@H]1[C@@H](Cc2ccnc(N)c2)C(=O)N1C(O)N1CCCCC1c1ccccc1. The summed E-state index contributed by atoms with van der Waals surface area (Å²) < 4.78 is 0. The van der Waals surface area contributed by atoms with Gasteiger partial charge < -0.3 is 16.2 Å². The summed E-state index contributed by atoms with van der Waals surface area (Å²) in [5.41, 5.74) is 7.71. The van der Waals surface area contributed by atoms with Gasteiger partial charge >= 0.3 is 0 Å². The van der Waals surface area contributed by atoms with E-state index in [1.165, 1.54) is 4.90 Å². The van der Waals surface area contributed by atoms with Crippen LogP contribution in [0.5, 0.6) is 0 Å². The molecular weight excluding hydrogens is 394 g/mol. The third-order valence-electron chi connectivity index (χ3n) is 6.34. The Kier molecular flexibility index (Phi) is 6.20. The van der Waals surface area contributed by atoms with Crippen molar-refractivity contribution in [3.8, 4) is 0 Å². The molecule has 2 unspecified atom stereocenters. The second-order valence-electron chi connectivity index (χ2n) is 8.21. The average Bonchev–Trinajstić information content (AvgIpc) is 2.80. The smallest absolute Gasteiger partial charge is 0.243 e. The molecule has 0 bridgehead atoms. The first kappa shape index (κ1) is 21.3. The van der Waals surface area contributed by atoms with Crippen LogP contribution in [0.4, 0.5) is 5.82 Å². The number of nitrogens with one attached hydrogen (secondary N) is 1. The summed E-state index contributed by atoms with van der Waals surface area (Å²) in [5.74, 6) is -0.680. The molecule has 0 saturated carbocycles. The van der Waals surface area contributed by atoms with Crippen LogP contribution in [0.3, 0.4) is 0 Å². The monoisotopic (exact) mass is 423 g/mol. The Morgan fingerprint density at radius 1 is 1.29 bits per heavy atom. The number of hydrogen-bond donors (Lipinski definition) is 3. The van der Waals surface area contributed by atoms with Gasteiger partial charge in [-0.05, 0) is 42.5 Å². The summed E-state index contributed by atoms with van der Waals surface area (Å²) in [6.45, 7) is 0.663. The fourth-order valence-corrected chi connectivity index (χ4v) is 4.79. The number of benzene rings is 1. The normalized spacial score (nSPS) is 25.0. The van der Waals surface area contributed by atoms with Crippen LogP contribution in [-0.4, -0.2) is 57.7 Å². The third-order valence-corrected chi connectivity index (χ3v) is 6.34. The van der Waals surface area contributed by atoms with Crippen LogP contribution in [0, 0.1) is 5.92 Å². The van der Waals surface area contributed by atoms with Crippen LogP contribution >= 0.6 is 0 Å². The molecule has 2 saturated heterocycles. The van der Waals surface area contributed by atoms with Crippen LogP contribution in [-0.2, 0) is 16.0 Å². The largest absolute Gasteiger partial charge is 0.384 e. The highest BCUT2D eigenvalue weighted by molar-refractivity contribution is 5.99. The van der Waals surface area contributed by atoms with Gasteiger partial charge in [0.15, 0.2) is 6.35 Å². The minimum atomic E-state index is -1.15. The fraction of sp³-hybridized carbons (Fsp3) is 0.435. The standard InChI is InChI=1S/C23H29N5O3/c1-25-21(29)20-17(13-15-10-11-26-19(24)14-15)22(30)28(20)23(31)27-12-6-5-9-18(27)16-7-3-2-4-8-16/h2-4,7-8,10-11,14,17-18,20,23,31H,5-6,9,12-13H2,1H3,(H2,24,26)(H,25,29)/t17-,18?,20+,23?/m1/s1. The number of piperidine rings is 1. The number of pyridine rings is 1. The number of hydrogen-bond acceptors (Lipinski definition) is 6. The van der Waals surface area contributed by atoms with E-state index >= 15 is 0 Å². The highest BCUT2D eigenvalue weighted by Crippen LogP contribution is 2.38. The zero-order chi connectivity index (χ0) is 22.0. The number of nitrogen functional groups attached to an aromatic ring is 1. The number of rotatable bonds is 6. The zero-order valence-corrected chi connectivity index (χ0v) is 17.6. The Hall–Kier alpha value is -2.97. The maximum atomic E-state index is 13.1. The van der Waals surface area contributed by atoms with Gasteiger partial charge in [-0.3, -0.25) is 19.4 Å². The quantitative estimate of drug-likeness (QED) is 0.604. The van der Waals surface area contributed by atoms with Crippen LogP contribution in [0.25, 0.3) is 0 Å². The minimum absolute atomic E-state index is 0.00198. The summed E-state index contributed by atoms with van der Waals surface area (Å²) in [6.07, 6.45) is 3.70. The Morgan fingerprint density at radius 3 is 2.77 bits per heavy atom. The molecule has 164 valence electrons. The third kappa shape index (κ3) is 4.13. The first-order valence-corrected chi connectivity index (χ1v) is 10.7. The highest BCUT2D eigenvalue weighted by Gasteiger charge is 2.55. The second-order valence-corrected chi connectivity index (χ2v) is 8.21. The minimum Gasteiger partial charge on any atom is -0.384 e.